The minimum absolute atomic E-state index is 0.0840. The number of benzene rings is 1. The van der Waals surface area contributed by atoms with E-state index in [1.165, 1.54) is 6.07 Å². The molecule has 0 bridgehead atoms. The predicted molar refractivity (Wildman–Crippen MR) is 67.7 cm³/mol. The Balaban J connectivity index is 2.25. The van der Waals surface area contributed by atoms with Crippen LogP contribution in [0.5, 0.6) is 0 Å². The molecular weight excluding hydrogens is 230 g/mol. The van der Waals surface area contributed by atoms with Crippen LogP contribution in [-0.4, -0.2) is 35.0 Å². The van der Waals surface area contributed by atoms with Crippen molar-refractivity contribution < 1.29 is 14.7 Å². The molecule has 1 aromatic carbocycles. The number of carbonyl (C=O) groups excluding carboxylic acids is 1. The molecule has 1 aliphatic heterocycles. The minimum Gasteiger partial charge on any atom is -0.478 e. The smallest absolute Gasteiger partial charge is 0.336 e. The van der Waals surface area contributed by atoms with Crippen LogP contribution in [-0.2, 0) is 0 Å². The van der Waals surface area contributed by atoms with Gasteiger partial charge in [-0.3, -0.25) is 4.79 Å². The molecule has 0 saturated carbocycles. The molecule has 1 aromatic rings. The van der Waals surface area contributed by atoms with E-state index in [4.69, 9.17) is 5.11 Å². The van der Waals surface area contributed by atoms with Gasteiger partial charge in [0.15, 0.2) is 0 Å². The summed E-state index contributed by atoms with van der Waals surface area (Å²) in [5.41, 5.74) is 0.375. The van der Waals surface area contributed by atoms with Crippen LogP contribution in [0.2, 0.25) is 0 Å². The van der Waals surface area contributed by atoms with E-state index in [1.807, 2.05) is 0 Å². The maximum absolute atomic E-state index is 12.3. The fourth-order valence-corrected chi connectivity index (χ4v) is 2.40. The molecule has 1 unspecified atom stereocenters. The van der Waals surface area contributed by atoms with E-state index in [0.29, 0.717) is 18.0 Å². The number of likely N-dealkylation sites (tertiary alicyclic amines) is 1. The standard InChI is InChI=1S/C14H17NO3/c1-10-5-4-8-15(9-10)13(16)11-6-2-3-7-12(11)14(17)18/h2-3,6-7,10H,4-5,8-9H2,1H3,(H,17,18). The van der Waals surface area contributed by atoms with Crippen LogP contribution in [0, 0.1) is 5.92 Å². The van der Waals surface area contributed by atoms with Crippen LogP contribution in [0.15, 0.2) is 24.3 Å². The number of hydrogen-bond donors (Lipinski definition) is 1. The molecule has 1 N–H and O–H groups in total. The lowest BCUT2D eigenvalue weighted by molar-refractivity contribution is 0.0647. The van der Waals surface area contributed by atoms with Gasteiger partial charge in [-0.1, -0.05) is 19.1 Å². The average Bonchev–Trinajstić information content (AvgIpc) is 2.38. The lowest BCUT2D eigenvalue weighted by atomic mass is 9.98. The number of amides is 1. The third kappa shape index (κ3) is 2.53. The van der Waals surface area contributed by atoms with Gasteiger partial charge in [0.05, 0.1) is 11.1 Å². The Bertz CT molecular complexity index is 470. The highest BCUT2D eigenvalue weighted by molar-refractivity contribution is 6.04. The van der Waals surface area contributed by atoms with E-state index in [1.54, 1.807) is 23.1 Å². The summed E-state index contributed by atoms with van der Waals surface area (Å²) in [6.45, 7) is 3.55. The van der Waals surface area contributed by atoms with Gasteiger partial charge in [0, 0.05) is 13.1 Å². The molecular formula is C14H17NO3. The summed E-state index contributed by atoms with van der Waals surface area (Å²) in [6.07, 6.45) is 2.12. The second-order valence-electron chi connectivity index (χ2n) is 4.85. The van der Waals surface area contributed by atoms with E-state index in [2.05, 4.69) is 6.92 Å². The third-order valence-corrected chi connectivity index (χ3v) is 3.33. The first-order valence-electron chi connectivity index (χ1n) is 6.21. The zero-order chi connectivity index (χ0) is 13.1. The van der Waals surface area contributed by atoms with Gasteiger partial charge in [-0.2, -0.15) is 0 Å². The summed E-state index contributed by atoms with van der Waals surface area (Å²) in [4.78, 5) is 25.2. The van der Waals surface area contributed by atoms with Gasteiger partial charge in [0.25, 0.3) is 5.91 Å². The molecule has 1 atom stereocenters. The predicted octanol–water partition coefficient (Wildman–Crippen LogP) is 2.26. The maximum atomic E-state index is 12.3. The summed E-state index contributed by atoms with van der Waals surface area (Å²) in [5.74, 6) is -0.733. The van der Waals surface area contributed by atoms with Gasteiger partial charge in [-0.25, -0.2) is 4.79 Å². The molecule has 0 aromatic heterocycles. The first-order valence-corrected chi connectivity index (χ1v) is 6.21. The van der Waals surface area contributed by atoms with E-state index in [-0.39, 0.29) is 11.5 Å². The molecule has 4 nitrogen and oxygen atoms in total. The van der Waals surface area contributed by atoms with Crippen molar-refractivity contribution in [1.82, 2.24) is 4.90 Å². The molecule has 2 rings (SSSR count). The van der Waals surface area contributed by atoms with E-state index in [0.717, 1.165) is 19.4 Å². The van der Waals surface area contributed by atoms with Crippen molar-refractivity contribution in [3.8, 4) is 0 Å². The Morgan fingerprint density at radius 3 is 2.56 bits per heavy atom. The summed E-state index contributed by atoms with van der Waals surface area (Å²) in [7, 11) is 0. The Morgan fingerprint density at radius 2 is 1.94 bits per heavy atom. The van der Waals surface area contributed by atoms with Gasteiger partial charge in [-0.05, 0) is 30.9 Å². The normalized spacial score (nSPS) is 19.6. The molecule has 1 saturated heterocycles. The molecule has 1 fully saturated rings. The monoisotopic (exact) mass is 247 g/mol. The maximum Gasteiger partial charge on any atom is 0.336 e. The fraction of sp³-hybridized carbons (Fsp3) is 0.429. The molecule has 1 amide bonds. The molecule has 1 heterocycles. The summed E-state index contributed by atoms with van der Waals surface area (Å²) in [6, 6.07) is 6.40. The van der Waals surface area contributed by atoms with Crippen LogP contribution in [0.3, 0.4) is 0 Å². The number of carboxylic acids is 1. The first-order chi connectivity index (χ1) is 8.59. The van der Waals surface area contributed by atoms with Crippen molar-refractivity contribution in [2.45, 2.75) is 19.8 Å². The average molecular weight is 247 g/mol. The molecule has 18 heavy (non-hydrogen) atoms. The van der Waals surface area contributed by atoms with Gasteiger partial charge in [0.1, 0.15) is 0 Å². The van der Waals surface area contributed by atoms with Crippen molar-refractivity contribution in [3.63, 3.8) is 0 Å². The molecule has 4 heteroatoms. The fourth-order valence-electron chi connectivity index (χ4n) is 2.40. The van der Waals surface area contributed by atoms with Crippen molar-refractivity contribution in [2.75, 3.05) is 13.1 Å². The highest BCUT2D eigenvalue weighted by Gasteiger charge is 2.24. The van der Waals surface area contributed by atoms with Gasteiger partial charge < -0.3 is 10.0 Å². The summed E-state index contributed by atoms with van der Waals surface area (Å²) >= 11 is 0. The first kappa shape index (κ1) is 12.6. The van der Waals surface area contributed by atoms with Crippen LogP contribution in [0.4, 0.5) is 0 Å². The van der Waals surface area contributed by atoms with E-state index >= 15 is 0 Å². The zero-order valence-electron chi connectivity index (χ0n) is 10.4. The Labute approximate surface area is 106 Å². The zero-order valence-corrected chi connectivity index (χ0v) is 10.4. The van der Waals surface area contributed by atoms with Gasteiger partial charge in [0.2, 0.25) is 0 Å². The highest BCUT2D eigenvalue weighted by Crippen LogP contribution is 2.19. The molecule has 1 aliphatic rings. The number of piperidine rings is 1. The topological polar surface area (TPSA) is 57.6 Å². The Kier molecular flexibility index (Phi) is 3.65. The van der Waals surface area contributed by atoms with Crippen molar-refractivity contribution in [1.29, 1.82) is 0 Å². The third-order valence-electron chi connectivity index (χ3n) is 3.33. The van der Waals surface area contributed by atoms with E-state index < -0.39 is 5.97 Å². The number of carboxylic acid groups (broad SMARTS) is 1. The number of aromatic carboxylic acids is 1. The van der Waals surface area contributed by atoms with Crippen molar-refractivity contribution in [2.24, 2.45) is 5.92 Å². The van der Waals surface area contributed by atoms with Gasteiger partial charge in [-0.15, -0.1) is 0 Å². The second-order valence-corrected chi connectivity index (χ2v) is 4.85. The van der Waals surface area contributed by atoms with Crippen LogP contribution < -0.4 is 0 Å². The largest absolute Gasteiger partial charge is 0.478 e. The minimum atomic E-state index is -1.05. The SMILES string of the molecule is CC1CCCN(C(=O)c2ccccc2C(=O)O)C1. The van der Waals surface area contributed by atoms with E-state index in [9.17, 15) is 9.59 Å². The quantitative estimate of drug-likeness (QED) is 0.872. The van der Waals surface area contributed by atoms with Crippen molar-refractivity contribution in [3.05, 3.63) is 35.4 Å². The number of nitrogens with zero attached hydrogens (tertiary/aromatic N) is 1. The number of rotatable bonds is 2. The highest BCUT2D eigenvalue weighted by atomic mass is 16.4. The summed E-state index contributed by atoms with van der Waals surface area (Å²) in [5, 5.41) is 9.09. The molecule has 0 spiro atoms. The Morgan fingerprint density at radius 1 is 1.28 bits per heavy atom. The lowest BCUT2D eigenvalue weighted by Gasteiger charge is -2.31. The van der Waals surface area contributed by atoms with Crippen LogP contribution in [0.1, 0.15) is 40.5 Å². The molecule has 96 valence electrons. The number of carbonyl (C=O) groups is 2. The number of hydrogen-bond acceptors (Lipinski definition) is 2. The summed E-state index contributed by atoms with van der Waals surface area (Å²) < 4.78 is 0. The second kappa shape index (κ2) is 5.21. The van der Waals surface area contributed by atoms with Gasteiger partial charge >= 0.3 is 5.97 Å². The molecule has 0 aliphatic carbocycles. The Hall–Kier alpha value is -1.84. The van der Waals surface area contributed by atoms with Crippen molar-refractivity contribution >= 4 is 11.9 Å². The van der Waals surface area contributed by atoms with Crippen LogP contribution in [0.25, 0.3) is 0 Å². The lowest BCUT2D eigenvalue weighted by Crippen LogP contribution is -2.39. The molecule has 0 radical (unpaired) electrons. The van der Waals surface area contributed by atoms with Crippen LogP contribution >= 0.6 is 0 Å².